The molecule has 2 aliphatic carbocycles. The van der Waals surface area contributed by atoms with Crippen LogP contribution >= 0.6 is 35.0 Å². The molecule has 0 spiro atoms. The van der Waals surface area contributed by atoms with Crippen molar-refractivity contribution in [2.75, 3.05) is 16.7 Å². The molecule has 0 unspecified atom stereocenters. The number of nitrogens with zero attached hydrogens (tertiary/aromatic N) is 2. The van der Waals surface area contributed by atoms with E-state index in [4.69, 9.17) is 23.2 Å². The number of rotatable bonds is 4. The SMILES string of the molecule is O=C(O)[C@@H]1[C@@H]2C[C@H](Sc3ccccc3N([O-])O)[C@H](Cl)[C@@H]2c2cc(Cl)cc3c2N1C[C@@H]1CC=C[C@@H]31. The molecule has 2 aliphatic heterocycles. The number of hydrogen-bond donors (Lipinski definition) is 2. The lowest BCUT2D eigenvalue weighted by Gasteiger charge is -2.49. The molecule has 6 nitrogen and oxygen atoms in total. The number of fused-ring (bicyclic) bond motifs is 4. The van der Waals surface area contributed by atoms with E-state index in [0.717, 1.165) is 23.2 Å². The maximum absolute atomic E-state index is 12.7. The van der Waals surface area contributed by atoms with Gasteiger partial charge in [-0.05, 0) is 60.1 Å². The predicted molar refractivity (Wildman–Crippen MR) is 134 cm³/mol. The van der Waals surface area contributed by atoms with E-state index in [0.29, 0.717) is 28.8 Å². The molecule has 4 aliphatic rings. The second kappa shape index (κ2) is 8.35. The molecular formula is C25H23Cl2N2O4S-. The molecule has 0 amide bonds. The zero-order valence-electron chi connectivity index (χ0n) is 18.1. The van der Waals surface area contributed by atoms with E-state index in [1.54, 1.807) is 24.3 Å². The van der Waals surface area contributed by atoms with Gasteiger partial charge >= 0.3 is 5.97 Å². The zero-order chi connectivity index (χ0) is 23.7. The van der Waals surface area contributed by atoms with Crippen LogP contribution in [0.2, 0.25) is 5.02 Å². The molecule has 2 aromatic rings. The Kier molecular flexibility index (Phi) is 5.54. The molecule has 0 radical (unpaired) electrons. The van der Waals surface area contributed by atoms with Crippen molar-refractivity contribution in [2.45, 2.75) is 46.2 Å². The van der Waals surface area contributed by atoms with Crippen molar-refractivity contribution in [1.29, 1.82) is 0 Å². The third kappa shape index (κ3) is 3.36. The summed E-state index contributed by atoms with van der Waals surface area (Å²) in [5.74, 6) is -0.603. The van der Waals surface area contributed by atoms with Crippen LogP contribution in [-0.2, 0) is 4.79 Å². The fourth-order valence-corrected chi connectivity index (χ4v) is 8.79. The average molecular weight is 518 g/mol. The minimum absolute atomic E-state index is 0.130. The number of benzene rings is 2. The highest BCUT2D eigenvalue weighted by molar-refractivity contribution is 8.00. The van der Waals surface area contributed by atoms with Crippen LogP contribution in [0, 0.1) is 17.0 Å². The van der Waals surface area contributed by atoms with Crippen LogP contribution in [0.25, 0.3) is 0 Å². The van der Waals surface area contributed by atoms with E-state index in [1.807, 2.05) is 12.1 Å². The minimum Gasteiger partial charge on any atom is -0.733 e. The summed E-state index contributed by atoms with van der Waals surface area (Å²) in [4.78, 5) is 15.4. The lowest BCUT2D eigenvalue weighted by Crippen LogP contribution is -2.55. The largest absolute Gasteiger partial charge is 0.733 e. The van der Waals surface area contributed by atoms with E-state index in [2.05, 4.69) is 17.1 Å². The Balaban J connectivity index is 1.44. The van der Waals surface area contributed by atoms with Crippen molar-refractivity contribution in [3.8, 4) is 0 Å². The van der Waals surface area contributed by atoms with Crippen LogP contribution in [0.1, 0.15) is 35.8 Å². The first-order chi connectivity index (χ1) is 16.3. The number of hydrogen-bond acceptors (Lipinski definition) is 6. The fourth-order valence-electron chi connectivity index (χ4n) is 6.61. The van der Waals surface area contributed by atoms with Crippen molar-refractivity contribution in [2.24, 2.45) is 11.8 Å². The maximum Gasteiger partial charge on any atom is 0.326 e. The van der Waals surface area contributed by atoms with Gasteiger partial charge in [0.15, 0.2) is 0 Å². The Hall–Kier alpha value is -1.90. The monoisotopic (exact) mass is 517 g/mol. The van der Waals surface area contributed by atoms with Crippen LogP contribution in [-0.4, -0.2) is 39.5 Å². The van der Waals surface area contributed by atoms with Crippen molar-refractivity contribution < 1.29 is 15.1 Å². The second-order valence-electron chi connectivity index (χ2n) is 9.58. The Bertz CT molecular complexity index is 1190. The fraction of sp³-hybridized carbons (Fsp3) is 0.400. The first-order valence-electron chi connectivity index (χ1n) is 11.4. The number of allylic oxidation sites excluding steroid dienone is 2. The molecule has 1 fully saturated rings. The van der Waals surface area contributed by atoms with Gasteiger partial charge in [0.25, 0.3) is 0 Å². The van der Waals surface area contributed by atoms with Crippen molar-refractivity contribution in [1.82, 2.24) is 0 Å². The molecule has 7 atom stereocenters. The Morgan fingerprint density at radius 1 is 1.24 bits per heavy atom. The number of halogens is 2. The van der Waals surface area contributed by atoms with Gasteiger partial charge in [0.1, 0.15) is 6.04 Å². The number of carbonyl (C=O) groups is 1. The normalized spacial score (nSPS) is 32.8. The Morgan fingerprint density at radius 2 is 2.00 bits per heavy atom. The summed E-state index contributed by atoms with van der Waals surface area (Å²) >= 11 is 15.1. The average Bonchev–Trinajstić information content (AvgIpc) is 3.38. The first-order valence-corrected chi connectivity index (χ1v) is 13.1. The van der Waals surface area contributed by atoms with Crippen molar-refractivity contribution >= 4 is 52.3 Å². The number of carboxylic acid groups (broad SMARTS) is 1. The lowest BCUT2D eigenvalue weighted by atomic mass is 9.72. The second-order valence-corrected chi connectivity index (χ2v) is 11.8. The molecule has 0 saturated heterocycles. The van der Waals surface area contributed by atoms with Crippen LogP contribution < -0.4 is 10.1 Å². The van der Waals surface area contributed by atoms with Crippen LogP contribution in [0.15, 0.2) is 53.4 Å². The number of carboxylic acids is 1. The summed E-state index contributed by atoms with van der Waals surface area (Å²) in [5.41, 5.74) is 3.28. The van der Waals surface area contributed by atoms with E-state index in [-0.39, 0.29) is 39.3 Å². The number of para-hydroxylation sites is 1. The molecule has 0 aromatic heterocycles. The topological polar surface area (TPSA) is 87.1 Å². The molecular weight excluding hydrogens is 495 g/mol. The highest BCUT2D eigenvalue weighted by Crippen LogP contribution is 2.60. The molecule has 178 valence electrons. The van der Waals surface area contributed by atoms with Crippen LogP contribution in [0.5, 0.6) is 0 Å². The van der Waals surface area contributed by atoms with Gasteiger partial charge in [-0.1, -0.05) is 35.9 Å². The highest BCUT2D eigenvalue weighted by atomic mass is 35.5. The van der Waals surface area contributed by atoms with Gasteiger partial charge in [-0.2, -0.15) is 0 Å². The standard InChI is InChI=1S/C25H23Cl2N2O4S/c26-13-8-15-14-5-3-4-12(14)11-28-23(15)16(9-13)21-17(24(28)25(30)31)10-20(22(21)27)34-19-7-2-1-6-18(19)29(32)33/h1-3,5-9,12,14,17,20-22,24,32H,4,10-11H2,(H,30,31)/q-1/t12-,14+,17+,20-,21+,22-,24-/m0/s1. The summed E-state index contributed by atoms with van der Waals surface area (Å²) in [5, 5.41) is 31.6. The number of alkyl halides is 1. The zero-order valence-corrected chi connectivity index (χ0v) is 20.4. The van der Waals surface area contributed by atoms with Gasteiger partial charge in [-0.25, -0.2) is 4.79 Å². The molecule has 2 N–H and O–H groups in total. The third-order valence-electron chi connectivity index (χ3n) is 7.87. The van der Waals surface area contributed by atoms with E-state index in [1.165, 1.54) is 11.8 Å². The smallest absolute Gasteiger partial charge is 0.326 e. The summed E-state index contributed by atoms with van der Waals surface area (Å²) < 4.78 is 0. The van der Waals surface area contributed by atoms with E-state index >= 15 is 0 Å². The number of aliphatic carboxylic acids is 1. The summed E-state index contributed by atoms with van der Waals surface area (Å²) in [7, 11) is 0. The minimum atomic E-state index is -0.832. The third-order valence-corrected chi connectivity index (χ3v) is 10.2. The van der Waals surface area contributed by atoms with Gasteiger partial charge < -0.3 is 20.4 Å². The van der Waals surface area contributed by atoms with Gasteiger partial charge in [-0.15, -0.1) is 23.4 Å². The van der Waals surface area contributed by atoms with E-state index < -0.39 is 12.0 Å². The summed E-state index contributed by atoms with van der Waals surface area (Å²) in [6.45, 7) is 0.697. The number of anilines is 2. The van der Waals surface area contributed by atoms with Gasteiger partial charge in [0.2, 0.25) is 0 Å². The molecule has 1 saturated carbocycles. The maximum atomic E-state index is 12.7. The summed E-state index contributed by atoms with van der Waals surface area (Å²) in [6.07, 6.45) is 5.93. The molecule has 0 bridgehead atoms. The quantitative estimate of drug-likeness (QED) is 0.298. The van der Waals surface area contributed by atoms with Gasteiger partial charge in [-0.3, -0.25) is 5.21 Å². The predicted octanol–water partition coefficient (Wildman–Crippen LogP) is 5.85. The number of thioether (sulfide) groups is 1. The molecule has 2 aromatic carbocycles. The summed E-state index contributed by atoms with van der Waals surface area (Å²) in [6, 6.07) is 10.1. The molecule has 2 heterocycles. The van der Waals surface area contributed by atoms with Gasteiger partial charge in [0.05, 0.1) is 11.1 Å². The first kappa shape index (κ1) is 22.6. The highest BCUT2D eigenvalue weighted by Gasteiger charge is 2.56. The molecule has 6 rings (SSSR count). The van der Waals surface area contributed by atoms with Gasteiger partial charge in [0, 0.05) is 39.2 Å². The van der Waals surface area contributed by atoms with Crippen LogP contribution in [0.4, 0.5) is 11.4 Å². The van der Waals surface area contributed by atoms with Crippen molar-refractivity contribution in [3.05, 3.63) is 69.9 Å². The van der Waals surface area contributed by atoms with Crippen molar-refractivity contribution in [3.63, 3.8) is 0 Å². The Labute approximate surface area is 211 Å². The molecule has 9 heteroatoms. The van der Waals surface area contributed by atoms with E-state index in [9.17, 15) is 20.3 Å². The van der Waals surface area contributed by atoms with Crippen LogP contribution in [0.3, 0.4) is 0 Å². The lowest BCUT2D eigenvalue weighted by molar-refractivity contribution is -0.140. The molecule has 34 heavy (non-hydrogen) atoms. The Morgan fingerprint density at radius 3 is 2.76 bits per heavy atom.